The van der Waals surface area contributed by atoms with Crippen molar-refractivity contribution in [3.05, 3.63) is 29.1 Å². The smallest absolute Gasteiger partial charge is 0.0699 e. The fraction of sp³-hybridized carbons (Fsp3) is 0.444. The van der Waals surface area contributed by atoms with Gasteiger partial charge in [-0.3, -0.25) is 4.98 Å². The maximum Gasteiger partial charge on any atom is 0.0699 e. The van der Waals surface area contributed by atoms with Crippen LogP contribution >= 0.6 is 0 Å². The van der Waals surface area contributed by atoms with Gasteiger partial charge in [0.05, 0.1) is 6.61 Å². The second-order valence-corrected chi connectivity index (χ2v) is 2.61. The Hall–Kier alpha value is -0.890. The summed E-state index contributed by atoms with van der Waals surface area (Å²) in [6, 6.07) is 0. The van der Waals surface area contributed by atoms with Crippen LogP contribution in [0.15, 0.2) is 12.4 Å². The molecular weight excluding hydrogens is 138 g/mol. The predicted octanol–water partition coefficient (Wildman–Crippen LogP) is 1.44. The Balaban J connectivity index is 3.13. The second-order valence-electron chi connectivity index (χ2n) is 2.61. The van der Waals surface area contributed by atoms with Crippen LogP contribution in [0.5, 0.6) is 0 Å². The number of hydrogen-bond donors (Lipinski definition) is 1. The van der Waals surface area contributed by atoms with Crippen molar-refractivity contribution < 1.29 is 5.11 Å². The fourth-order valence-electron chi connectivity index (χ4n) is 1.29. The summed E-state index contributed by atoms with van der Waals surface area (Å²) >= 11 is 0. The molecule has 0 saturated carbocycles. The number of aliphatic hydroxyl groups is 1. The van der Waals surface area contributed by atoms with E-state index in [4.69, 9.17) is 5.11 Å². The largest absolute Gasteiger partial charge is 0.392 e. The standard InChI is InChI=1S/C9H13NO/c1-3-9-7(2)4-10-5-8(9)6-11/h4-5,11H,3,6H2,1-2H3. The third kappa shape index (κ3) is 1.57. The molecule has 0 bridgehead atoms. The molecule has 0 spiro atoms. The summed E-state index contributed by atoms with van der Waals surface area (Å²) in [5, 5.41) is 8.93. The van der Waals surface area contributed by atoms with Crippen LogP contribution in [0.2, 0.25) is 0 Å². The van der Waals surface area contributed by atoms with E-state index in [1.807, 2.05) is 13.1 Å². The molecule has 0 aliphatic rings. The average molecular weight is 151 g/mol. The van der Waals surface area contributed by atoms with Crippen molar-refractivity contribution in [1.29, 1.82) is 0 Å². The van der Waals surface area contributed by atoms with E-state index in [2.05, 4.69) is 11.9 Å². The normalized spacial score (nSPS) is 10.1. The first-order chi connectivity index (χ1) is 5.29. The van der Waals surface area contributed by atoms with Gasteiger partial charge in [0.2, 0.25) is 0 Å². The van der Waals surface area contributed by atoms with Crippen LogP contribution in [0.1, 0.15) is 23.6 Å². The first-order valence-corrected chi connectivity index (χ1v) is 3.82. The van der Waals surface area contributed by atoms with E-state index in [-0.39, 0.29) is 6.61 Å². The number of nitrogens with zero attached hydrogens (tertiary/aromatic N) is 1. The van der Waals surface area contributed by atoms with Crippen LogP contribution in [0, 0.1) is 6.92 Å². The minimum atomic E-state index is 0.0951. The van der Waals surface area contributed by atoms with Gasteiger partial charge in [-0.15, -0.1) is 0 Å². The van der Waals surface area contributed by atoms with Gasteiger partial charge in [-0.2, -0.15) is 0 Å². The van der Waals surface area contributed by atoms with Crippen molar-refractivity contribution in [2.24, 2.45) is 0 Å². The molecule has 0 aliphatic carbocycles. The Kier molecular flexibility index (Phi) is 2.60. The van der Waals surface area contributed by atoms with Gasteiger partial charge in [-0.1, -0.05) is 6.92 Å². The molecule has 0 fully saturated rings. The number of rotatable bonds is 2. The van der Waals surface area contributed by atoms with Gasteiger partial charge in [-0.05, 0) is 30.0 Å². The zero-order valence-corrected chi connectivity index (χ0v) is 6.96. The zero-order valence-electron chi connectivity index (χ0n) is 6.96. The number of hydrogen-bond acceptors (Lipinski definition) is 2. The molecule has 0 saturated heterocycles. The minimum absolute atomic E-state index is 0.0951. The van der Waals surface area contributed by atoms with Gasteiger partial charge in [0.15, 0.2) is 0 Å². The fourth-order valence-corrected chi connectivity index (χ4v) is 1.29. The molecule has 0 unspecified atom stereocenters. The summed E-state index contributed by atoms with van der Waals surface area (Å²) < 4.78 is 0. The molecule has 1 aromatic rings. The van der Waals surface area contributed by atoms with Crippen LogP contribution < -0.4 is 0 Å². The van der Waals surface area contributed by atoms with Crippen LogP contribution in [0.25, 0.3) is 0 Å². The molecular formula is C9H13NO. The van der Waals surface area contributed by atoms with Crippen LogP contribution in [-0.4, -0.2) is 10.1 Å². The first kappa shape index (κ1) is 8.21. The van der Waals surface area contributed by atoms with E-state index in [9.17, 15) is 0 Å². The minimum Gasteiger partial charge on any atom is -0.392 e. The van der Waals surface area contributed by atoms with E-state index in [0.717, 1.165) is 12.0 Å². The maximum atomic E-state index is 8.93. The van der Waals surface area contributed by atoms with Crippen LogP contribution in [-0.2, 0) is 13.0 Å². The van der Waals surface area contributed by atoms with Gasteiger partial charge in [0.25, 0.3) is 0 Å². The van der Waals surface area contributed by atoms with E-state index >= 15 is 0 Å². The molecule has 0 aromatic carbocycles. The van der Waals surface area contributed by atoms with Crippen molar-refractivity contribution in [3.8, 4) is 0 Å². The van der Waals surface area contributed by atoms with E-state index in [1.165, 1.54) is 11.1 Å². The molecule has 60 valence electrons. The average Bonchev–Trinajstić information content (AvgIpc) is 2.04. The lowest BCUT2D eigenvalue weighted by Crippen LogP contribution is -1.96. The molecule has 1 heterocycles. The number of aromatic nitrogens is 1. The quantitative estimate of drug-likeness (QED) is 0.693. The van der Waals surface area contributed by atoms with Gasteiger partial charge >= 0.3 is 0 Å². The van der Waals surface area contributed by atoms with Crippen molar-refractivity contribution >= 4 is 0 Å². The van der Waals surface area contributed by atoms with Crippen LogP contribution in [0.3, 0.4) is 0 Å². The molecule has 11 heavy (non-hydrogen) atoms. The van der Waals surface area contributed by atoms with Gasteiger partial charge in [0.1, 0.15) is 0 Å². The topological polar surface area (TPSA) is 33.1 Å². The summed E-state index contributed by atoms with van der Waals surface area (Å²) in [6.45, 7) is 4.20. The second kappa shape index (κ2) is 3.49. The molecule has 1 N–H and O–H groups in total. The highest BCUT2D eigenvalue weighted by atomic mass is 16.3. The number of aryl methyl sites for hydroxylation is 1. The summed E-state index contributed by atoms with van der Waals surface area (Å²) in [6.07, 6.45) is 4.52. The molecule has 0 amide bonds. The summed E-state index contributed by atoms with van der Waals surface area (Å²) in [5.74, 6) is 0. The zero-order chi connectivity index (χ0) is 8.27. The molecule has 0 radical (unpaired) electrons. The van der Waals surface area contributed by atoms with Crippen molar-refractivity contribution in [1.82, 2.24) is 4.98 Å². The Morgan fingerprint density at radius 2 is 2.18 bits per heavy atom. The maximum absolute atomic E-state index is 8.93. The Labute approximate surface area is 66.9 Å². The highest BCUT2D eigenvalue weighted by Crippen LogP contribution is 2.12. The van der Waals surface area contributed by atoms with Gasteiger partial charge < -0.3 is 5.11 Å². The number of pyridine rings is 1. The molecule has 1 aromatic heterocycles. The van der Waals surface area contributed by atoms with Crippen molar-refractivity contribution in [3.63, 3.8) is 0 Å². The third-order valence-corrected chi connectivity index (χ3v) is 1.89. The van der Waals surface area contributed by atoms with E-state index in [1.54, 1.807) is 6.20 Å². The lowest BCUT2D eigenvalue weighted by Gasteiger charge is -2.06. The van der Waals surface area contributed by atoms with Crippen molar-refractivity contribution in [2.75, 3.05) is 0 Å². The highest BCUT2D eigenvalue weighted by Gasteiger charge is 2.01. The van der Waals surface area contributed by atoms with Crippen LogP contribution in [0.4, 0.5) is 0 Å². The van der Waals surface area contributed by atoms with Gasteiger partial charge in [-0.25, -0.2) is 0 Å². The van der Waals surface area contributed by atoms with E-state index < -0.39 is 0 Å². The molecule has 0 aliphatic heterocycles. The molecule has 2 nitrogen and oxygen atoms in total. The summed E-state index contributed by atoms with van der Waals surface area (Å²) in [4.78, 5) is 4.00. The first-order valence-electron chi connectivity index (χ1n) is 3.82. The predicted molar refractivity (Wildman–Crippen MR) is 44.3 cm³/mol. The molecule has 0 atom stereocenters. The van der Waals surface area contributed by atoms with Gasteiger partial charge in [0, 0.05) is 12.4 Å². The van der Waals surface area contributed by atoms with Crippen molar-refractivity contribution in [2.45, 2.75) is 26.9 Å². The summed E-state index contributed by atoms with van der Waals surface area (Å²) in [5.41, 5.74) is 3.34. The third-order valence-electron chi connectivity index (χ3n) is 1.89. The number of aliphatic hydroxyl groups excluding tert-OH is 1. The molecule has 2 heteroatoms. The SMILES string of the molecule is CCc1c(C)cncc1CO. The van der Waals surface area contributed by atoms with E-state index in [0.29, 0.717) is 0 Å². The lowest BCUT2D eigenvalue weighted by atomic mass is 10.0. The lowest BCUT2D eigenvalue weighted by molar-refractivity contribution is 0.280. The highest BCUT2D eigenvalue weighted by molar-refractivity contribution is 5.30. The Morgan fingerprint density at radius 1 is 1.45 bits per heavy atom. The Morgan fingerprint density at radius 3 is 2.64 bits per heavy atom. The molecule has 1 rings (SSSR count). The Bertz CT molecular complexity index is 245. The summed E-state index contributed by atoms with van der Waals surface area (Å²) in [7, 11) is 0. The monoisotopic (exact) mass is 151 g/mol.